The first-order valence-electron chi connectivity index (χ1n) is 19.6. The molecule has 316 valence electrons. The topological polar surface area (TPSA) is 176 Å². The zero-order valence-corrected chi connectivity index (χ0v) is 33.3. The molecular formula is C49H36O14. The standard InChI is InChI=1S/C49H36O14/c1-56-38-35(59-45(51)30-19-9-3-10-20-30)27-34-37(40(38)61-47(53)32-23-13-5-14-24-32)41-43(63-49(34)55)42(62-48(54)33-25-15-6-16-26-33)39(60-46(52)31-21-11-4-12-22-31)36(58-41)28-57-44(50)29-17-7-2-8-18-29/h2-27,36,39,41-43H,28H2,1H3/t36-,39-,41+,42+,43+/m1/s1. The highest BCUT2D eigenvalue weighted by molar-refractivity contribution is 5.99. The van der Waals surface area contributed by atoms with Crippen LogP contribution < -0.4 is 14.2 Å². The molecule has 1 fully saturated rings. The molecule has 0 unspecified atom stereocenters. The Kier molecular flexibility index (Phi) is 12.3. The lowest BCUT2D eigenvalue weighted by Crippen LogP contribution is -2.61. The minimum absolute atomic E-state index is 0.104. The number of benzene rings is 6. The summed E-state index contributed by atoms with van der Waals surface area (Å²) in [6.45, 7) is -0.588. The largest absolute Gasteiger partial charge is 0.490 e. The molecule has 0 bridgehead atoms. The molecule has 2 aliphatic heterocycles. The average Bonchev–Trinajstić information content (AvgIpc) is 3.33. The predicted octanol–water partition coefficient (Wildman–Crippen LogP) is 7.42. The Morgan fingerprint density at radius 2 is 0.952 bits per heavy atom. The van der Waals surface area contributed by atoms with Gasteiger partial charge >= 0.3 is 35.8 Å². The van der Waals surface area contributed by atoms with Gasteiger partial charge in [-0.3, -0.25) is 0 Å². The molecule has 14 nitrogen and oxygen atoms in total. The minimum Gasteiger partial charge on any atom is -0.490 e. The second kappa shape index (κ2) is 18.7. The van der Waals surface area contributed by atoms with Crippen LogP contribution in [0.4, 0.5) is 0 Å². The smallest absolute Gasteiger partial charge is 0.343 e. The van der Waals surface area contributed by atoms with Crippen LogP contribution in [0.5, 0.6) is 17.2 Å². The molecule has 0 amide bonds. The number of carbonyl (C=O) groups excluding carboxylic acids is 6. The van der Waals surface area contributed by atoms with Crippen LogP contribution in [0.1, 0.15) is 73.8 Å². The van der Waals surface area contributed by atoms with E-state index in [1.54, 1.807) is 91.0 Å². The first-order chi connectivity index (χ1) is 30.7. The summed E-state index contributed by atoms with van der Waals surface area (Å²) in [6, 6.07) is 41.0. The van der Waals surface area contributed by atoms with Crippen molar-refractivity contribution in [3.8, 4) is 17.2 Å². The first kappa shape index (κ1) is 41.6. The average molecular weight is 849 g/mol. The van der Waals surface area contributed by atoms with Crippen LogP contribution in [0.3, 0.4) is 0 Å². The Bertz CT molecular complexity index is 2640. The Hall–Kier alpha value is -8.10. The molecule has 0 spiro atoms. The maximum Gasteiger partial charge on any atom is 0.343 e. The Balaban J connectivity index is 1.27. The summed E-state index contributed by atoms with van der Waals surface area (Å²) in [5.41, 5.74) is 0.272. The van der Waals surface area contributed by atoms with E-state index in [-0.39, 0.29) is 50.4 Å². The van der Waals surface area contributed by atoms with E-state index < -0.39 is 78.7 Å². The van der Waals surface area contributed by atoms with Crippen LogP contribution in [0.25, 0.3) is 0 Å². The molecule has 2 aliphatic rings. The summed E-state index contributed by atoms with van der Waals surface area (Å²) in [6.07, 6.45) is -7.80. The fourth-order valence-corrected chi connectivity index (χ4v) is 7.13. The lowest BCUT2D eigenvalue weighted by atomic mass is 9.85. The van der Waals surface area contributed by atoms with Gasteiger partial charge in [0.15, 0.2) is 29.8 Å². The molecule has 1 saturated heterocycles. The number of methoxy groups -OCH3 is 1. The van der Waals surface area contributed by atoms with Crippen LogP contribution in [-0.4, -0.2) is 73.9 Å². The monoisotopic (exact) mass is 848 g/mol. The number of esters is 6. The van der Waals surface area contributed by atoms with Crippen molar-refractivity contribution in [1.82, 2.24) is 0 Å². The van der Waals surface area contributed by atoms with Crippen molar-refractivity contribution in [3.05, 3.63) is 197 Å². The van der Waals surface area contributed by atoms with Gasteiger partial charge in [-0.15, -0.1) is 0 Å². The Morgan fingerprint density at radius 3 is 1.43 bits per heavy atom. The molecule has 14 heteroatoms. The number of hydrogen-bond acceptors (Lipinski definition) is 14. The number of hydrogen-bond donors (Lipinski definition) is 0. The van der Waals surface area contributed by atoms with Crippen molar-refractivity contribution < 1.29 is 66.7 Å². The molecule has 5 atom stereocenters. The van der Waals surface area contributed by atoms with Gasteiger partial charge in [-0.1, -0.05) is 91.0 Å². The quantitative estimate of drug-likeness (QED) is 0.0675. The third kappa shape index (κ3) is 9.02. The minimum atomic E-state index is -1.65. The van der Waals surface area contributed by atoms with Gasteiger partial charge in [0.25, 0.3) is 0 Å². The van der Waals surface area contributed by atoms with Gasteiger partial charge in [0.05, 0.1) is 40.5 Å². The van der Waals surface area contributed by atoms with E-state index >= 15 is 0 Å². The maximum absolute atomic E-state index is 14.3. The molecular weight excluding hydrogens is 813 g/mol. The van der Waals surface area contributed by atoms with Crippen LogP contribution in [0.2, 0.25) is 0 Å². The zero-order chi connectivity index (χ0) is 43.9. The molecule has 0 N–H and O–H groups in total. The van der Waals surface area contributed by atoms with Crippen molar-refractivity contribution >= 4 is 35.8 Å². The predicted molar refractivity (Wildman–Crippen MR) is 221 cm³/mol. The molecule has 0 aromatic heterocycles. The summed E-state index contributed by atoms with van der Waals surface area (Å²) < 4.78 is 48.2. The SMILES string of the molecule is COc1c(OC(=O)c2ccccc2)cc2c(c1OC(=O)c1ccccc1)[C@@H]1O[C@H](COC(=O)c3ccccc3)[C@@H](OC(=O)c3ccccc3)[C@H](OC(=O)c3ccccc3)[C@H]1OC2=O. The van der Waals surface area contributed by atoms with Gasteiger partial charge < -0.3 is 37.9 Å². The third-order valence-electron chi connectivity index (χ3n) is 10.1. The molecule has 0 saturated carbocycles. The zero-order valence-electron chi connectivity index (χ0n) is 33.3. The van der Waals surface area contributed by atoms with E-state index in [9.17, 15) is 28.8 Å². The second-order valence-electron chi connectivity index (χ2n) is 14.1. The summed E-state index contributed by atoms with van der Waals surface area (Å²) in [5.74, 6) is -6.30. The highest BCUT2D eigenvalue weighted by Gasteiger charge is 2.57. The lowest BCUT2D eigenvalue weighted by molar-refractivity contribution is -0.234. The lowest BCUT2D eigenvalue weighted by Gasteiger charge is -2.47. The van der Waals surface area contributed by atoms with Crippen LogP contribution in [0, 0.1) is 0 Å². The van der Waals surface area contributed by atoms with Gasteiger partial charge in [-0.05, 0) is 66.7 Å². The van der Waals surface area contributed by atoms with Gasteiger partial charge in [0.1, 0.15) is 18.8 Å². The normalized spacial score (nSPS) is 18.6. The Labute approximate surface area is 359 Å². The summed E-state index contributed by atoms with van der Waals surface area (Å²) in [7, 11) is 1.23. The summed E-state index contributed by atoms with van der Waals surface area (Å²) >= 11 is 0. The van der Waals surface area contributed by atoms with Gasteiger partial charge in [-0.2, -0.15) is 0 Å². The maximum atomic E-state index is 14.3. The van der Waals surface area contributed by atoms with E-state index in [1.807, 2.05) is 0 Å². The van der Waals surface area contributed by atoms with Gasteiger partial charge in [-0.25, -0.2) is 28.8 Å². The van der Waals surface area contributed by atoms with E-state index in [4.69, 9.17) is 37.9 Å². The molecule has 6 aromatic rings. The van der Waals surface area contributed by atoms with Crippen LogP contribution in [0.15, 0.2) is 158 Å². The molecule has 0 aliphatic carbocycles. The van der Waals surface area contributed by atoms with E-state index in [0.29, 0.717) is 0 Å². The number of fused-ring (bicyclic) bond motifs is 3. The van der Waals surface area contributed by atoms with Crippen molar-refractivity contribution in [3.63, 3.8) is 0 Å². The molecule has 63 heavy (non-hydrogen) atoms. The fraction of sp³-hybridized carbons (Fsp3) is 0.143. The van der Waals surface area contributed by atoms with Crippen molar-refractivity contribution in [2.75, 3.05) is 13.7 Å². The number of rotatable bonds is 12. The highest BCUT2D eigenvalue weighted by Crippen LogP contribution is 2.52. The van der Waals surface area contributed by atoms with Crippen molar-refractivity contribution in [2.24, 2.45) is 0 Å². The molecule has 0 radical (unpaired) electrons. The van der Waals surface area contributed by atoms with E-state index in [1.165, 1.54) is 73.8 Å². The van der Waals surface area contributed by atoms with Crippen molar-refractivity contribution in [2.45, 2.75) is 30.5 Å². The van der Waals surface area contributed by atoms with E-state index in [0.717, 1.165) is 0 Å². The summed E-state index contributed by atoms with van der Waals surface area (Å²) in [4.78, 5) is 82.8. The van der Waals surface area contributed by atoms with E-state index in [2.05, 4.69) is 0 Å². The number of ether oxygens (including phenoxy) is 8. The summed E-state index contributed by atoms with van der Waals surface area (Å²) in [5, 5.41) is 0. The number of carbonyl (C=O) groups is 6. The second-order valence-corrected chi connectivity index (χ2v) is 14.1. The molecule has 2 heterocycles. The fourth-order valence-electron chi connectivity index (χ4n) is 7.13. The third-order valence-corrected chi connectivity index (χ3v) is 10.1. The Morgan fingerprint density at radius 1 is 0.524 bits per heavy atom. The van der Waals surface area contributed by atoms with Crippen LogP contribution >= 0.6 is 0 Å². The molecule has 6 aromatic carbocycles. The highest BCUT2D eigenvalue weighted by atomic mass is 16.7. The molecule has 8 rings (SSSR count). The van der Waals surface area contributed by atoms with Crippen LogP contribution in [-0.2, 0) is 23.7 Å². The van der Waals surface area contributed by atoms with Gasteiger partial charge in [0.2, 0.25) is 5.75 Å². The van der Waals surface area contributed by atoms with Crippen molar-refractivity contribution in [1.29, 1.82) is 0 Å². The first-order valence-corrected chi connectivity index (χ1v) is 19.6. The van der Waals surface area contributed by atoms with Gasteiger partial charge in [0, 0.05) is 5.56 Å².